The Balaban J connectivity index is 3.11. The molecule has 1 aromatic carbocycles. The van der Waals surface area contributed by atoms with Crippen LogP contribution >= 0.6 is 0 Å². The zero-order chi connectivity index (χ0) is 9.26. The van der Waals surface area contributed by atoms with Gasteiger partial charge in [0.15, 0.2) is 0 Å². The van der Waals surface area contributed by atoms with Crippen molar-refractivity contribution >= 4 is 10.8 Å². The van der Waals surface area contributed by atoms with Gasteiger partial charge in [0, 0.05) is 11.5 Å². The van der Waals surface area contributed by atoms with Gasteiger partial charge in [0.2, 0.25) is 0 Å². The lowest BCUT2D eigenvalue weighted by molar-refractivity contribution is 1.22. The van der Waals surface area contributed by atoms with Crippen LogP contribution in [-0.4, -0.2) is 4.98 Å². The highest BCUT2D eigenvalue weighted by molar-refractivity contribution is 5.80. The average Bonchev–Trinajstić information content (AvgIpc) is 2.27. The van der Waals surface area contributed by atoms with Crippen LogP contribution in [0.1, 0.15) is 0 Å². The van der Waals surface area contributed by atoms with Crippen LogP contribution in [0.25, 0.3) is 10.8 Å². The van der Waals surface area contributed by atoms with E-state index in [1.54, 1.807) is 24.3 Å². The molecule has 0 aliphatic heterocycles. The smallest absolute Gasteiger partial charge is 0.258 e. The molecule has 64 valence electrons. The highest BCUT2D eigenvalue weighted by atomic mass is 16.2. The number of nitrogens with one attached hydrogen (secondary N) is 1. The van der Waals surface area contributed by atoms with Gasteiger partial charge in [-0.15, -0.1) is 0 Å². The monoisotopic (exact) mass is 173 g/mol. The van der Waals surface area contributed by atoms with E-state index in [9.17, 15) is 9.59 Å². The van der Waals surface area contributed by atoms with Gasteiger partial charge in [-0.25, -0.2) is 0 Å². The van der Waals surface area contributed by atoms with Crippen LogP contribution in [0.3, 0.4) is 0 Å². The third-order valence-corrected chi connectivity index (χ3v) is 1.86. The molecule has 0 atom stereocenters. The minimum absolute atomic E-state index is 0.342. The van der Waals surface area contributed by atoms with Crippen LogP contribution in [0.4, 0.5) is 0 Å². The van der Waals surface area contributed by atoms with Gasteiger partial charge in [0.25, 0.3) is 11.1 Å². The van der Waals surface area contributed by atoms with E-state index in [0.29, 0.717) is 5.39 Å². The summed E-state index contributed by atoms with van der Waals surface area (Å²) < 4.78 is 0. The van der Waals surface area contributed by atoms with Crippen molar-refractivity contribution < 1.29 is 0 Å². The quantitative estimate of drug-likeness (QED) is 0.643. The summed E-state index contributed by atoms with van der Waals surface area (Å²) in [7, 11) is 0. The number of hydrogen-bond donors (Lipinski definition) is 1. The van der Waals surface area contributed by atoms with Crippen LogP contribution in [0.2, 0.25) is 0 Å². The van der Waals surface area contributed by atoms with Crippen molar-refractivity contribution in [3.8, 4) is 0 Å². The Kier molecular flexibility index (Phi) is 1.70. The lowest BCUT2D eigenvalue weighted by Gasteiger charge is -1.86. The van der Waals surface area contributed by atoms with Crippen molar-refractivity contribution in [3.63, 3.8) is 0 Å². The van der Waals surface area contributed by atoms with Crippen LogP contribution in [0.15, 0.2) is 46.0 Å². The highest BCUT2D eigenvalue weighted by Crippen LogP contribution is 2.04. The van der Waals surface area contributed by atoms with Gasteiger partial charge >= 0.3 is 0 Å². The predicted molar refractivity (Wildman–Crippen MR) is 50.8 cm³/mol. The summed E-state index contributed by atoms with van der Waals surface area (Å²) in [4.78, 5) is 24.5. The third-order valence-electron chi connectivity index (χ3n) is 1.86. The number of fused-ring (bicyclic) bond motifs is 1. The second-order valence-electron chi connectivity index (χ2n) is 2.74. The van der Waals surface area contributed by atoms with Crippen molar-refractivity contribution in [2.75, 3.05) is 0 Å². The molecule has 0 unspecified atom stereocenters. The summed E-state index contributed by atoms with van der Waals surface area (Å²) >= 11 is 0. The molecule has 13 heavy (non-hydrogen) atoms. The molecule has 3 heteroatoms. The number of aromatic amines is 1. The molecule has 0 saturated carbocycles. The van der Waals surface area contributed by atoms with Crippen LogP contribution in [0, 0.1) is 0 Å². The molecule has 0 fully saturated rings. The minimum atomic E-state index is -0.374. The fraction of sp³-hybridized carbons (Fsp3) is 0. The topological polar surface area (TPSA) is 49.9 Å². The largest absolute Gasteiger partial charge is 0.289 e. The maximum atomic E-state index is 11.3. The van der Waals surface area contributed by atoms with E-state index in [1.807, 2.05) is 6.07 Å². The van der Waals surface area contributed by atoms with Gasteiger partial charge in [-0.05, 0) is 17.5 Å². The molecule has 0 bridgehead atoms. The molecule has 1 heterocycles. The van der Waals surface area contributed by atoms with Crippen molar-refractivity contribution in [3.05, 3.63) is 57.1 Å². The van der Waals surface area contributed by atoms with Gasteiger partial charge in [0.1, 0.15) is 0 Å². The SMILES string of the molecule is O=c1ccc2ccccc2c(=O)[nH]1. The molecular weight excluding hydrogens is 166 g/mol. The van der Waals surface area contributed by atoms with Gasteiger partial charge in [-0.1, -0.05) is 18.2 Å². The van der Waals surface area contributed by atoms with E-state index >= 15 is 0 Å². The summed E-state index contributed by atoms with van der Waals surface area (Å²) in [6.07, 6.45) is 0. The van der Waals surface area contributed by atoms with Crippen molar-refractivity contribution in [1.82, 2.24) is 4.98 Å². The standard InChI is InChI=1S/C10H7NO2/c12-9-6-5-7-3-1-2-4-8(7)10(13)11-9/h1-6H,(H,11,12,13). The number of rotatable bonds is 0. The molecule has 1 N–H and O–H groups in total. The first-order valence-corrected chi connectivity index (χ1v) is 3.90. The van der Waals surface area contributed by atoms with Crippen molar-refractivity contribution in [2.24, 2.45) is 0 Å². The first-order chi connectivity index (χ1) is 6.27. The summed E-state index contributed by atoms with van der Waals surface area (Å²) in [6, 6.07) is 10.1. The van der Waals surface area contributed by atoms with Gasteiger partial charge < -0.3 is 0 Å². The van der Waals surface area contributed by atoms with E-state index in [1.165, 1.54) is 6.07 Å². The van der Waals surface area contributed by atoms with Gasteiger partial charge in [0.05, 0.1) is 0 Å². The van der Waals surface area contributed by atoms with E-state index in [-0.39, 0.29) is 11.1 Å². The summed E-state index contributed by atoms with van der Waals surface area (Å²) in [6.45, 7) is 0. The lowest BCUT2D eigenvalue weighted by Crippen LogP contribution is -2.12. The number of H-pyrrole nitrogens is 1. The molecular formula is C10H7NO2. The Bertz CT molecular complexity index is 557. The Morgan fingerprint density at radius 2 is 1.69 bits per heavy atom. The van der Waals surface area contributed by atoms with E-state index in [2.05, 4.69) is 4.98 Å². The lowest BCUT2D eigenvalue weighted by atomic mass is 10.2. The molecule has 2 rings (SSSR count). The Morgan fingerprint density at radius 1 is 0.923 bits per heavy atom. The van der Waals surface area contributed by atoms with E-state index in [0.717, 1.165) is 5.39 Å². The van der Waals surface area contributed by atoms with Gasteiger partial charge in [-0.2, -0.15) is 0 Å². The van der Waals surface area contributed by atoms with Crippen molar-refractivity contribution in [2.45, 2.75) is 0 Å². The predicted octanol–water partition coefficient (Wildman–Crippen LogP) is 0.888. The number of hydrogen-bond acceptors (Lipinski definition) is 2. The molecule has 0 aliphatic rings. The maximum absolute atomic E-state index is 11.3. The molecule has 0 radical (unpaired) electrons. The Labute approximate surface area is 73.7 Å². The highest BCUT2D eigenvalue weighted by Gasteiger charge is 1.94. The Morgan fingerprint density at radius 3 is 2.54 bits per heavy atom. The van der Waals surface area contributed by atoms with Crippen LogP contribution < -0.4 is 11.1 Å². The molecule has 2 aromatic rings. The first kappa shape index (κ1) is 7.73. The summed E-state index contributed by atoms with van der Waals surface area (Å²) in [5.41, 5.74) is -0.716. The normalized spacial score (nSPS) is 10.2. The Hall–Kier alpha value is -1.90. The van der Waals surface area contributed by atoms with Crippen molar-refractivity contribution in [1.29, 1.82) is 0 Å². The maximum Gasteiger partial charge on any atom is 0.258 e. The minimum Gasteiger partial charge on any atom is -0.289 e. The number of aromatic nitrogens is 1. The number of benzene rings is 1. The first-order valence-electron chi connectivity index (χ1n) is 3.90. The van der Waals surface area contributed by atoms with E-state index in [4.69, 9.17) is 0 Å². The van der Waals surface area contributed by atoms with Crippen LogP contribution in [0.5, 0.6) is 0 Å². The zero-order valence-corrected chi connectivity index (χ0v) is 6.78. The molecule has 0 spiro atoms. The average molecular weight is 173 g/mol. The summed E-state index contributed by atoms with van der Waals surface area (Å²) in [5.74, 6) is 0. The van der Waals surface area contributed by atoms with Gasteiger partial charge in [-0.3, -0.25) is 14.6 Å². The molecule has 0 amide bonds. The second-order valence-corrected chi connectivity index (χ2v) is 2.74. The molecule has 1 aromatic heterocycles. The van der Waals surface area contributed by atoms with Crippen LogP contribution in [-0.2, 0) is 0 Å². The third kappa shape index (κ3) is 1.36. The second kappa shape index (κ2) is 2.86. The zero-order valence-electron chi connectivity index (χ0n) is 6.78. The molecule has 0 saturated heterocycles. The van der Waals surface area contributed by atoms with E-state index < -0.39 is 0 Å². The summed E-state index contributed by atoms with van der Waals surface area (Å²) in [5, 5.41) is 1.30. The molecule has 3 nitrogen and oxygen atoms in total. The fourth-order valence-corrected chi connectivity index (χ4v) is 1.24. The fourth-order valence-electron chi connectivity index (χ4n) is 1.24. The molecule has 0 aliphatic carbocycles.